The van der Waals surface area contributed by atoms with Crippen LogP contribution >= 0.6 is 0 Å². The Labute approximate surface area is 216 Å². The van der Waals surface area contributed by atoms with E-state index in [9.17, 15) is 13.2 Å². The summed E-state index contributed by atoms with van der Waals surface area (Å²) in [6.07, 6.45) is 4.92. The Balaban J connectivity index is 2.89. The van der Waals surface area contributed by atoms with Crippen LogP contribution in [-0.4, -0.2) is 35.0 Å². The minimum absolute atomic E-state index is 0.00441. The van der Waals surface area contributed by atoms with E-state index in [1.165, 1.54) is 5.57 Å². The third-order valence-corrected chi connectivity index (χ3v) is 17.8. The molecule has 0 aromatic carbocycles. The second kappa shape index (κ2) is 14.0. The van der Waals surface area contributed by atoms with Gasteiger partial charge in [-0.05, 0) is 74.8 Å². The molecule has 0 radical (unpaired) electrons. The quantitative estimate of drug-likeness (QED) is 0.111. The minimum atomic E-state index is -4.08. The number of hydrogen-bond donors (Lipinski definition) is 0. The molecule has 3 atom stereocenters. The van der Waals surface area contributed by atoms with E-state index < -0.39 is 29.2 Å². The Hall–Kier alpha value is -0.376. The molecule has 0 fully saturated rings. The zero-order valence-electron chi connectivity index (χ0n) is 23.8. The summed E-state index contributed by atoms with van der Waals surface area (Å²) in [6.45, 7) is 21.9. The molecule has 1 aliphatic carbocycles. The Morgan fingerprint density at radius 3 is 2.14 bits per heavy atom. The highest BCUT2D eigenvalue weighted by Crippen LogP contribution is 2.41. The van der Waals surface area contributed by atoms with Gasteiger partial charge < -0.3 is 8.85 Å². The van der Waals surface area contributed by atoms with Gasteiger partial charge in [0.1, 0.15) is 0 Å². The van der Waals surface area contributed by atoms with Crippen molar-refractivity contribution in [1.29, 1.82) is 0 Å². The number of allylic oxidation sites excluding steroid dienone is 1. The molecule has 0 aliphatic heterocycles. The van der Waals surface area contributed by atoms with Gasteiger partial charge in [0.25, 0.3) is 0 Å². The van der Waals surface area contributed by atoms with Crippen LogP contribution in [0.1, 0.15) is 92.9 Å². The fraction of sp³-hybridized carbons (Fsp3) is 0.857. The molecule has 2 nitrogen and oxygen atoms in total. The summed E-state index contributed by atoms with van der Waals surface area (Å²) in [4.78, 5) is 0. The van der Waals surface area contributed by atoms with Crippen LogP contribution < -0.4 is 0 Å². The molecule has 206 valence electrons. The van der Waals surface area contributed by atoms with Gasteiger partial charge in [-0.25, -0.2) is 0 Å². The number of alkyl halides is 3. The van der Waals surface area contributed by atoms with Crippen molar-refractivity contribution in [2.24, 2.45) is 5.92 Å². The van der Waals surface area contributed by atoms with Crippen LogP contribution in [0.2, 0.25) is 36.3 Å². The van der Waals surface area contributed by atoms with Gasteiger partial charge in [0, 0.05) is 18.4 Å². The van der Waals surface area contributed by atoms with Gasteiger partial charge >= 0.3 is 6.18 Å². The molecule has 0 aromatic rings. The lowest BCUT2D eigenvalue weighted by Gasteiger charge is -2.39. The lowest BCUT2D eigenvalue weighted by atomic mass is 9.91. The van der Waals surface area contributed by atoms with Gasteiger partial charge in [-0.15, -0.1) is 6.58 Å². The zero-order valence-corrected chi connectivity index (χ0v) is 25.8. The van der Waals surface area contributed by atoms with Crippen molar-refractivity contribution in [2.75, 3.05) is 0 Å². The molecule has 0 aromatic heterocycles. The van der Waals surface area contributed by atoms with Crippen LogP contribution in [-0.2, 0) is 8.85 Å². The molecule has 35 heavy (non-hydrogen) atoms. The number of hydrogen-bond acceptors (Lipinski definition) is 2. The van der Waals surface area contributed by atoms with Crippen molar-refractivity contribution in [2.45, 2.75) is 148 Å². The highest BCUT2D eigenvalue weighted by Gasteiger charge is 2.40. The molecule has 7 heteroatoms. The molecule has 3 unspecified atom stereocenters. The largest absolute Gasteiger partial charge is 0.414 e. The molecule has 0 N–H and O–H groups in total. The van der Waals surface area contributed by atoms with Crippen LogP contribution in [0.15, 0.2) is 24.3 Å². The third kappa shape index (κ3) is 10.5. The molecule has 0 amide bonds. The van der Waals surface area contributed by atoms with E-state index in [0.717, 1.165) is 43.8 Å². The molecule has 0 bridgehead atoms. The molecule has 0 spiro atoms. The Kier molecular flexibility index (Phi) is 13.0. The highest BCUT2D eigenvalue weighted by atomic mass is 28.4. The van der Waals surface area contributed by atoms with Crippen molar-refractivity contribution in [1.82, 2.24) is 0 Å². The van der Waals surface area contributed by atoms with E-state index >= 15 is 0 Å². The zero-order chi connectivity index (χ0) is 26.9. The van der Waals surface area contributed by atoms with Gasteiger partial charge in [0.15, 0.2) is 16.6 Å². The summed E-state index contributed by atoms with van der Waals surface area (Å²) in [7, 11) is -3.71. The van der Waals surface area contributed by atoms with Crippen LogP contribution in [0.4, 0.5) is 13.2 Å². The maximum atomic E-state index is 12.7. The summed E-state index contributed by atoms with van der Waals surface area (Å²) < 4.78 is 51.6. The van der Waals surface area contributed by atoms with Crippen molar-refractivity contribution in [3.8, 4) is 0 Å². The van der Waals surface area contributed by atoms with Crippen LogP contribution in [0.5, 0.6) is 0 Å². The van der Waals surface area contributed by atoms with Crippen LogP contribution in [0.3, 0.4) is 0 Å². The molecule has 0 saturated heterocycles. The van der Waals surface area contributed by atoms with E-state index in [4.69, 9.17) is 8.85 Å². The first kappa shape index (κ1) is 32.7. The summed E-state index contributed by atoms with van der Waals surface area (Å²) in [5.74, 6) is 0.364. The lowest BCUT2D eigenvalue weighted by Crippen LogP contribution is -2.44. The number of unbranched alkanes of at least 4 members (excludes halogenated alkanes) is 1. The minimum Gasteiger partial charge on any atom is -0.414 e. The van der Waals surface area contributed by atoms with E-state index in [1.807, 2.05) is 6.08 Å². The van der Waals surface area contributed by atoms with Gasteiger partial charge in [-0.3, -0.25) is 0 Å². The molecular formula is C28H53F3O2Si2. The molecule has 0 heterocycles. The second-order valence-corrected chi connectivity index (χ2v) is 21.4. The summed E-state index contributed by atoms with van der Waals surface area (Å²) in [6, 6.07) is 3.44. The predicted octanol–water partition coefficient (Wildman–Crippen LogP) is 10.2. The third-order valence-electron chi connectivity index (χ3n) is 8.55. The van der Waals surface area contributed by atoms with E-state index in [0.29, 0.717) is 18.8 Å². The lowest BCUT2D eigenvalue weighted by molar-refractivity contribution is -0.135. The van der Waals surface area contributed by atoms with Crippen molar-refractivity contribution >= 4 is 16.6 Å². The normalized spacial score (nSPS) is 20.7. The van der Waals surface area contributed by atoms with Crippen molar-refractivity contribution in [3.63, 3.8) is 0 Å². The summed E-state index contributed by atoms with van der Waals surface area (Å²) >= 11 is 0. The maximum absolute atomic E-state index is 12.7. The summed E-state index contributed by atoms with van der Waals surface area (Å²) in [5, 5.41) is 0.0720. The van der Waals surface area contributed by atoms with Gasteiger partial charge in [0.05, 0.1) is 6.10 Å². The maximum Gasteiger partial charge on any atom is 0.389 e. The Bertz CT molecular complexity index is 656. The average molecular weight is 535 g/mol. The Morgan fingerprint density at radius 1 is 1.06 bits per heavy atom. The second-order valence-electron chi connectivity index (χ2n) is 11.9. The van der Waals surface area contributed by atoms with Crippen molar-refractivity contribution in [3.05, 3.63) is 24.3 Å². The number of rotatable bonds is 16. The van der Waals surface area contributed by atoms with Crippen molar-refractivity contribution < 1.29 is 22.0 Å². The van der Waals surface area contributed by atoms with E-state index in [1.54, 1.807) is 0 Å². The molecular weight excluding hydrogens is 481 g/mol. The van der Waals surface area contributed by atoms with Gasteiger partial charge in [-0.2, -0.15) is 13.2 Å². The van der Waals surface area contributed by atoms with Crippen LogP contribution in [0.25, 0.3) is 0 Å². The van der Waals surface area contributed by atoms with Gasteiger partial charge in [0.2, 0.25) is 0 Å². The smallest absolute Gasteiger partial charge is 0.389 e. The van der Waals surface area contributed by atoms with E-state index in [-0.39, 0.29) is 23.7 Å². The van der Waals surface area contributed by atoms with Crippen LogP contribution in [0, 0.1) is 5.92 Å². The predicted molar refractivity (Wildman–Crippen MR) is 149 cm³/mol. The first-order valence-corrected chi connectivity index (χ1v) is 19.3. The topological polar surface area (TPSA) is 18.5 Å². The standard InChI is InChI=1S/C28H53F3O2Si2/c1-10-16-25-23(19-21-26(25)33-35(11-2,12-3)13-4)18-20-24(17-14-15-22-28(29,30)31)32-34(8,9)27(5,6)7/h10,19,24-26H,1,11-18,20-22H2,2-9H3. The first-order chi connectivity index (χ1) is 16.1. The molecule has 0 saturated carbocycles. The summed E-state index contributed by atoms with van der Waals surface area (Å²) in [5.41, 5.74) is 1.43. The fourth-order valence-corrected chi connectivity index (χ4v) is 9.25. The molecule has 1 rings (SSSR count). The average Bonchev–Trinajstić information content (AvgIpc) is 3.13. The van der Waals surface area contributed by atoms with E-state index in [2.05, 4.69) is 67.3 Å². The number of halogens is 3. The Morgan fingerprint density at radius 2 is 1.66 bits per heavy atom. The van der Waals surface area contributed by atoms with Gasteiger partial charge in [-0.1, -0.05) is 65.7 Å². The monoisotopic (exact) mass is 534 g/mol. The first-order valence-electron chi connectivity index (χ1n) is 13.9. The SMILES string of the molecule is C=CCC1C(CCC(CCCCC(F)(F)F)O[Si](C)(C)C(C)(C)C)=CCC1O[Si](CC)(CC)CC. The fourth-order valence-electron chi connectivity index (χ4n) is 4.92. The highest BCUT2D eigenvalue weighted by molar-refractivity contribution is 6.74. The molecule has 1 aliphatic rings.